The van der Waals surface area contributed by atoms with Crippen LogP contribution in [0.3, 0.4) is 0 Å². The Kier molecular flexibility index (Phi) is 9.55. The van der Waals surface area contributed by atoms with E-state index in [1.807, 2.05) is 97.1 Å². The Labute approximate surface area is 315 Å². The van der Waals surface area contributed by atoms with Crippen LogP contribution in [-0.2, 0) is 0 Å². The van der Waals surface area contributed by atoms with Gasteiger partial charge in [-0.2, -0.15) is 0 Å². The molecule has 0 radical (unpaired) electrons. The number of benzene rings is 8. The zero-order valence-electron chi connectivity index (χ0n) is 29.1. The van der Waals surface area contributed by atoms with Gasteiger partial charge in [0.2, 0.25) is 0 Å². The fourth-order valence-electron chi connectivity index (χ4n) is 7.46. The maximum absolute atomic E-state index is 15.0. The number of hydrogen-bond acceptors (Lipinski definition) is 0. The molecule has 8 aromatic carbocycles. The van der Waals surface area contributed by atoms with Crippen molar-refractivity contribution in [3.63, 3.8) is 0 Å². The van der Waals surface area contributed by atoms with Crippen LogP contribution in [0.15, 0.2) is 182 Å². The highest BCUT2D eigenvalue weighted by Gasteiger charge is 2.41. The summed E-state index contributed by atoms with van der Waals surface area (Å²) in [6.07, 6.45) is 0. The second kappa shape index (κ2) is 14.8. The number of hydrogen-bond donors (Lipinski definition) is 0. The third-order valence-corrected chi connectivity index (χ3v) is 14.8. The molecule has 0 unspecified atom stereocenters. The van der Waals surface area contributed by atoms with E-state index in [9.17, 15) is 26.3 Å². The topological polar surface area (TPSA) is 0 Å². The zero-order valence-corrected chi connectivity index (χ0v) is 30.1. The molecular weight excluding hydrogens is 719 g/mol. The van der Waals surface area contributed by atoms with Crippen LogP contribution in [-0.4, -0.2) is 8.07 Å². The fraction of sp³-hybridized carbons (Fsp3) is 0. The summed E-state index contributed by atoms with van der Waals surface area (Å²) in [7, 11) is -3.35. The van der Waals surface area contributed by atoms with E-state index in [-0.39, 0.29) is 11.6 Å². The van der Waals surface area contributed by atoms with Gasteiger partial charge < -0.3 is 0 Å². The first-order valence-corrected chi connectivity index (χ1v) is 19.5. The smallest absolute Gasteiger partial charge is 0.179 e. The predicted molar refractivity (Wildman–Crippen MR) is 212 cm³/mol. The molecule has 0 fully saturated rings. The molecule has 0 aliphatic heterocycles. The maximum atomic E-state index is 15.0. The van der Waals surface area contributed by atoms with Gasteiger partial charge in [0.25, 0.3) is 0 Å². The van der Waals surface area contributed by atoms with Crippen molar-refractivity contribution < 1.29 is 26.3 Å². The van der Waals surface area contributed by atoms with E-state index in [0.29, 0.717) is 44.5 Å². The van der Waals surface area contributed by atoms with Crippen LogP contribution >= 0.6 is 0 Å². The fourth-order valence-corrected chi connectivity index (χ4v) is 12.1. The molecule has 0 aliphatic carbocycles. The van der Waals surface area contributed by atoms with E-state index in [4.69, 9.17) is 0 Å². The van der Waals surface area contributed by atoms with Gasteiger partial charge in [-0.1, -0.05) is 133 Å². The van der Waals surface area contributed by atoms with E-state index >= 15 is 0 Å². The molecule has 0 nitrogen and oxygen atoms in total. The van der Waals surface area contributed by atoms with Gasteiger partial charge in [-0.25, -0.2) is 26.3 Å². The second-order valence-electron chi connectivity index (χ2n) is 13.3. The highest BCUT2D eigenvalue weighted by Crippen LogP contribution is 2.27. The number of rotatable bonds is 8. The minimum atomic E-state index is -3.35. The molecule has 0 amide bonds. The monoisotopic (exact) mass is 748 g/mol. The Morgan fingerprint density at radius 3 is 0.818 bits per heavy atom. The summed E-state index contributed by atoms with van der Waals surface area (Å²) in [4.78, 5) is 0. The number of halogens is 6. The second-order valence-corrected chi connectivity index (χ2v) is 17.1. The van der Waals surface area contributed by atoms with Crippen LogP contribution in [0.4, 0.5) is 26.3 Å². The lowest BCUT2D eigenvalue weighted by Gasteiger charge is -2.35. The lowest BCUT2D eigenvalue weighted by molar-refractivity contribution is 0.583. The average molecular weight is 749 g/mol. The van der Waals surface area contributed by atoms with Gasteiger partial charge in [0.05, 0.1) is 0 Å². The summed E-state index contributed by atoms with van der Waals surface area (Å²) in [5.41, 5.74) is 4.26. The predicted octanol–water partition coefficient (Wildman–Crippen LogP) is 10.6. The standard InChI is InChI=1S/C48H30F6Si/c49-37-25-35(26-38(50)29-37)31-9-17-41(18-10-31)55(43-21-13-33(14-22-43)45-5-1-3-7-47(45)53,44-23-15-34(16-24-44)46-6-2-4-8-48(46)54)42-19-11-32(12-20-42)36-27-39(51)30-40(52)28-36/h1-30H. The molecule has 0 saturated carbocycles. The Hall–Kier alpha value is -6.44. The summed E-state index contributed by atoms with van der Waals surface area (Å²) in [6.45, 7) is 0. The van der Waals surface area contributed by atoms with Gasteiger partial charge >= 0.3 is 0 Å². The van der Waals surface area contributed by atoms with Crippen molar-refractivity contribution in [1.29, 1.82) is 0 Å². The summed E-state index contributed by atoms with van der Waals surface area (Å²) in [5.74, 6) is -3.46. The molecule has 0 heterocycles. The normalized spacial score (nSPS) is 11.5. The van der Waals surface area contributed by atoms with Crippen molar-refractivity contribution in [1.82, 2.24) is 0 Å². The van der Waals surface area contributed by atoms with Crippen molar-refractivity contribution in [2.45, 2.75) is 0 Å². The van der Waals surface area contributed by atoms with Crippen LogP contribution in [0.5, 0.6) is 0 Å². The molecule has 7 heteroatoms. The molecule has 0 N–H and O–H groups in total. The van der Waals surface area contributed by atoms with Crippen molar-refractivity contribution in [2.75, 3.05) is 0 Å². The van der Waals surface area contributed by atoms with Crippen LogP contribution in [0.25, 0.3) is 44.5 Å². The SMILES string of the molecule is Fc1cc(F)cc(-c2ccc([Si](c3ccc(-c4cc(F)cc(F)c4)cc3)(c3ccc(-c4ccccc4F)cc3)c3ccc(-c4ccccc4F)cc3)cc2)c1. The largest absolute Gasteiger partial charge is 0.207 e. The summed E-state index contributed by atoms with van der Waals surface area (Å²) >= 11 is 0. The third kappa shape index (κ3) is 6.91. The third-order valence-electron chi connectivity index (χ3n) is 10.0. The molecule has 0 aromatic heterocycles. The first-order chi connectivity index (χ1) is 26.7. The van der Waals surface area contributed by atoms with Gasteiger partial charge in [0, 0.05) is 23.3 Å². The summed E-state index contributed by atoms with van der Waals surface area (Å²) in [6, 6.07) is 50.5. The molecule has 0 bridgehead atoms. The Morgan fingerprint density at radius 2 is 0.527 bits per heavy atom. The minimum Gasteiger partial charge on any atom is -0.207 e. The van der Waals surface area contributed by atoms with E-state index in [1.54, 1.807) is 36.4 Å². The molecule has 0 saturated heterocycles. The van der Waals surface area contributed by atoms with Gasteiger partial charge in [-0.05, 0) is 90.5 Å². The first kappa shape index (κ1) is 35.6. The zero-order chi connectivity index (χ0) is 38.1. The maximum Gasteiger partial charge on any atom is 0.179 e. The minimum absolute atomic E-state index is 0.351. The molecular formula is C48H30F6Si. The highest BCUT2D eigenvalue weighted by atomic mass is 28.3. The van der Waals surface area contributed by atoms with Crippen molar-refractivity contribution in [3.8, 4) is 44.5 Å². The molecule has 0 spiro atoms. The molecule has 0 atom stereocenters. The van der Waals surface area contributed by atoms with E-state index in [0.717, 1.165) is 32.9 Å². The Bertz CT molecular complexity index is 2410. The molecule has 0 aliphatic rings. The van der Waals surface area contributed by atoms with Crippen LogP contribution in [0, 0.1) is 34.9 Å². The van der Waals surface area contributed by atoms with Crippen LogP contribution in [0.1, 0.15) is 0 Å². The van der Waals surface area contributed by atoms with Gasteiger partial charge in [0.15, 0.2) is 8.07 Å². The van der Waals surface area contributed by atoms with E-state index in [1.165, 1.54) is 36.4 Å². The van der Waals surface area contributed by atoms with Gasteiger partial charge in [-0.15, -0.1) is 0 Å². The molecule has 268 valence electrons. The molecule has 55 heavy (non-hydrogen) atoms. The van der Waals surface area contributed by atoms with Crippen molar-refractivity contribution in [3.05, 3.63) is 217 Å². The summed E-state index contributed by atoms with van der Waals surface area (Å²) in [5, 5.41) is 3.69. The van der Waals surface area contributed by atoms with E-state index in [2.05, 4.69) is 0 Å². The van der Waals surface area contributed by atoms with Gasteiger partial charge in [0.1, 0.15) is 34.9 Å². The van der Waals surface area contributed by atoms with Crippen LogP contribution in [0.2, 0.25) is 0 Å². The van der Waals surface area contributed by atoms with Crippen molar-refractivity contribution >= 4 is 28.8 Å². The van der Waals surface area contributed by atoms with Crippen LogP contribution < -0.4 is 20.7 Å². The van der Waals surface area contributed by atoms with Crippen molar-refractivity contribution in [2.24, 2.45) is 0 Å². The first-order valence-electron chi connectivity index (χ1n) is 17.5. The van der Waals surface area contributed by atoms with E-state index < -0.39 is 31.3 Å². The Morgan fingerprint density at radius 1 is 0.255 bits per heavy atom. The summed E-state index contributed by atoms with van der Waals surface area (Å²) < 4.78 is 87.0. The average Bonchev–Trinajstić information content (AvgIpc) is 3.19. The molecule has 8 rings (SSSR count). The highest BCUT2D eigenvalue weighted by molar-refractivity contribution is 7.19. The lowest BCUT2D eigenvalue weighted by Crippen LogP contribution is -2.74. The Balaban J connectivity index is 1.36. The quantitative estimate of drug-likeness (QED) is 0.0825. The molecule has 8 aromatic rings. The van der Waals surface area contributed by atoms with Gasteiger partial charge in [-0.3, -0.25) is 0 Å². The lowest BCUT2D eigenvalue weighted by atomic mass is 10.1.